The summed E-state index contributed by atoms with van der Waals surface area (Å²) in [4.78, 5) is 9.97. The molecule has 0 fully saturated rings. The summed E-state index contributed by atoms with van der Waals surface area (Å²) >= 11 is 5.35. The first-order valence-electron chi connectivity index (χ1n) is 3.29. The molecule has 6 heteroatoms. The minimum absolute atomic E-state index is 0.144. The summed E-state index contributed by atoms with van der Waals surface area (Å²) in [5, 5.41) is 33.7. The minimum atomic E-state index is -1.55. The third-order valence-electron chi connectivity index (χ3n) is 1.37. The Labute approximate surface area is 74.2 Å². The van der Waals surface area contributed by atoms with Crippen LogP contribution in [0.2, 0.25) is 0 Å². The summed E-state index contributed by atoms with van der Waals surface area (Å²) in [5.41, 5.74) is 0. The molecule has 0 aromatic rings. The maximum Gasteiger partial charge on any atom is 0.150 e. The van der Waals surface area contributed by atoms with Gasteiger partial charge in [0, 0.05) is 0 Å². The lowest BCUT2D eigenvalue weighted by molar-refractivity contribution is -0.117. The molecule has 0 rings (SSSR count). The van der Waals surface area contributed by atoms with Crippen molar-refractivity contribution in [1.29, 1.82) is 0 Å². The molecule has 0 spiro atoms. The van der Waals surface area contributed by atoms with Crippen molar-refractivity contribution in [2.75, 3.05) is 6.61 Å². The van der Waals surface area contributed by atoms with Crippen molar-refractivity contribution < 1.29 is 25.2 Å². The highest BCUT2D eigenvalue weighted by atomic mass is 35.5. The maximum atomic E-state index is 9.97. The highest BCUT2D eigenvalue weighted by Gasteiger charge is 2.29. The summed E-state index contributed by atoms with van der Waals surface area (Å²) in [6.07, 6.45) is -4.40. The van der Waals surface area contributed by atoms with Gasteiger partial charge in [-0.15, -0.1) is 11.6 Å². The van der Waals surface area contributed by atoms with Crippen molar-refractivity contribution in [3.05, 3.63) is 0 Å². The number of aliphatic hydroxyl groups excluding tert-OH is 4. The first-order valence-corrected chi connectivity index (χ1v) is 3.72. The average molecular weight is 199 g/mol. The van der Waals surface area contributed by atoms with Crippen molar-refractivity contribution in [2.45, 2.75) is 23.7 Å². The van der Waals surface area contributed by atoms with E-state index >= 15 is 0 Å². The Bertz CT molecular complexity index is 142. The SMILES string of the molecule is O=C[C@H](O)[C@H](Cl)[C@@H](O)[C@H](O)CO. The lowest BCUT2D eigenvalue weighted by Crippen LogP contribution is -2.43. The van der Waals surface area contributed by atoms with Crippen LogP contribution in [0.15, 0.2) is 0 Å². The van der Waals surface area contributed by atoms with Gasteiger partial charge in [-0.05, 0) is 0 Å². The predicted molar refractivity (Wildman–Crippen MR) is 40.8 cm³/mol. The van der Waals surface area contributed by atoms with E-state index in [1.165, 1.54) is 0 Å². The molecule has 0 saturated heterocycles. The second kappa shape index (κ2) is 5.45. The molecule has 0 aliphatic carbocycles. The maximum absolute atomic E-state index is 9.97. The molecule has 0 unspecified atom stereocenters. The summed E-state index contributed by atoms with van der Waals surface area (Å²) in [7, 11) is 0. The van der Waals surface area contributed by atoms with Gasteiger partial charge < -0.3 is 25.2 Å². The van der Waals surface area contributed by atoms with Crippen LogP contribution in [0, 0.1) is 0 Å². The number of aliphatic hydroxyl groups is 4. The Morgan fingerprint density at radius 2 is 1.83 bits per heavy atom. The van der Waals surface area contributed by atoms with Crippen LogP contribution in [0.5, 0.6) is 0 Å². The zero-order chi connectivity index (χ0) is 9.72. The van der Waals surface area contributed by atoms with Crippen molar-refractivity contribution in [1.82, 2.24) is 0 Å². The van der Waals surface area contributed by atoms with Gasteiger partial charge >= 0.3 is 0 Å². The molecule has 0 aromatic heterocycles. The third kappa shape index (κ3) is 3.04. The first-order chi connectivity index (χ1) is 5.54. The van der Waals surface area contributed by atoms with Gasteiger partial charge in [-0.3, -0.25) is 0 Å². The van der Waals surface area contributed by atoms with E-state index in [9.17, 15) is 4.79 Å². The molecule has 4 atom stereocenters. The van der Waals surface area contributed by atoms with Crippen LogP contribution < -0.4 is 0 Å². The van der Waals surface area contributed by atoms with Crippen molar-refractivity contribution in [3.8, 4) is 0 Å². The van der Waals surface area contributed by atoms with Gasteiger partial charge in [0.1, 0.15) is 24.6 Å². The second-order valence-electron chi connectivity index (χ2n) is 2.31. The molecule has 12 heavy (non-hydrogen) atoms. The van der Waals surface area contributed by atoms with E-state index in [4.69, 9.17) is 32.0 Å². The van der Waals surface area contributed by atoms with Crippen LogP contribution >= 0.6 is 11.6 Å². The fourth-order valence-electron chi connectivity index (χ4n) is 0.597. The van der Waals surface area contributed by atoms with Gasteiger partial charge in [0.15, 0.2) is 0 Å². The van der Waals surface area contributed by atoms with Crippen LogP contribution in [0.3, 0.4) is 0 Å². The van der Waals surface area contributed by atoms with E-state index < -0.39 is 30.3 Å². The van der Waals surface area contributed by atoms with E-state index in [0.29, 0.717) is 0 Å². The highest BCUT2D eigenvalue weighted by Crippen LogP contribution is 2.10. The number of carbonyl (C=O) groups is 1. The van der Waals surface area contributed by atoms with Crippen molar-refractivity contribution >= 4 is 17.9 Å². The second-order valence-corrected chi connectivity index (χ2v) is 2.82. The highest BCUT2D eigenvalue weighted by molar-refractivity contribution is 6.22. The molecule has 0 aliphatic heterocycles. The predicted octanol–water partition coefficient (Wildman–Crippen LogP) is -2.13. The van der Waals surface area contributed by atoms with E-state index in [-0.39, 0.29) is 6.29 Å². The molecule has 0 amide bonds. The van der Waals surface area contributed by atoms with Gasteiger partial charge in [-0.25, -0.2) is 0 Å². The molecule has 0 bridgehead atoms. The average Bonchev–Trinajstić information content (AvgIpc) is 2.12. The van der Waals surface area contributed by atoms with E-state index in [2.05, 4.69) is 0 Å². The zero-order valence-corrected chi connectivity index (χ0v) is 6.92. The van der Waals surface area contributed by atoms with Crippen LogP contribution in [0.25, 0.3) is 0 Å². The zero-order valence-electron chi connectivity index (χ0n) is 6.17. The molecule has 72 valence electrons. The van der Waals surface area contributed by atoms with Crippen LogP contribution in [-0.4, -0.2) is 57.0 Å². The van der Waals surface area contributed by atoms with Gasteiger partial charge in [0.2, 0.25) is 0 Å². The van der Waals surface area contributed by atoms with Gasteiger partial charge in [0.05, 0.1) is 12.0 Å². The lowest BCUT2D eigenvalue weighted by atomic mass is 10.1. The smallest absolute Gasteiger partial charge is 0.150 e. The molecule has 0 radical (unpaired) electrons. The Morgan fingerprint density at radius 3 is 2.17 bits per heavy atom. The van der Waals surface area contributed by atoms with E-state index in [0.717, 1.165) is 0 Å². The van der Waals surface area contributed by atoms with Crippen molar-refractivity contribution in [3.63, 3.8) is 0 Å². The minimum Gasteiger partial charge on any atom is -0.394 e. The number of carbonyl (C=O) groups excluding carboxylic acids is 1. The van der Waals surface area contributed by atoms with Crippen LogP contribution in [0.1, 0.15) is 0 Å². The number of rotatable bonds is 5. The molecule has 5 nitrogen and oxygen atoms in total. The summed E-state index contributed by atoms with van der Waals surface area (Å²) in [5.74, 6) is 0. The molecule has 0 saturated carbocycles. The third-order valence-corrected chi connectivity index (χ3v) is 1.89. The Kier molecular flexibility index (Phi) is 5.36. The monoisotopic (exact) mass is 198 g/mol. The van der Waals surface area contributed by atoms with Gasteiger partial charge in [-0.2, -0.15) is 0 Å². The fourth-order valence-corrected chi connectivity index (χ4v) is 0.825. The van der Waals surface area contributed by atoms with Gasteiger partial charge in [-0.1, -0.05) is 0 Å². The van der Waals surface area contributed by atoms with E-state index in [1.807, 2.05) is 0 Å². The summed E-state index contributed by atoms with van der Waals surface area (Å²) in [6.45, 7) is -0.685. The molecule has 0 heterocycles. The first kappa shape index (κ1) is 11.8. The number of hydrogen-bond donors (Lipinski definition) is 4. The lowest BCUT2D eigenvalue weighted by Gasteiger charge is -2.21. The molecular formula is C6H11ClO5. The summed E-state index contributed by atoms with van der Waals surface area (Å²) in [6, 6.07) is 0. The molecule has 0 aliphatic rings. The molecule has 0 aromatic carbocycles. The summed E-state index contributed by atoms with van der Waals surface area (Å²) < 4.78 is 0. The Balaban J connectivity index is 4.07. The van der Waals surface area contributed by atoms with Crippen LogP contribution in [0.4, 0.5) is 0 Å². The topological polar surface area (TPSA) is 98.0 Å². The van der Waals surface area contributed by atoms with E-state index in [1.54, 1.807) is 0 Å². The number of alkyl halides is 1. The Morgan fingerprint density at radius 1 is 1.33 bits per heavy atom. The normalized spacial score (nSPS) is 21.1. The molecule has 4 N–H and O–H groups in total. The largest absolute Gasteiger partial charge is 0.394 e. The van der Waals surface area contributed by atoms with Crippen LogP contribution in [-0.2, 0) is 4.79 Å². The number of halogens is 1. The fraction of sp³-hybridized carbons (Fsp3) is 0.833. The quantitative estimate of drug-likeness (QED) is 0.299. The number of aldehydes is 1. The molecular weight excluding hydrogens is 188 g/mol. The standard InChI is InChI=1S/C6H11ClO5/c7-5(3(10)1-8)6(12)4(11)2-9/h1,3-6,9-12H,2H2/t3-,4+,5-,6-/m0/s1. The van der Waals surface area contributed by atoms with Crippen molar-refractivity contribution in [2.24, 2.45) is 0 Å². The van der Waals surface area contributed by atoms with Gasteiger partial charge in [0.25, 0.3) is 0 Å². The number of hydrogen-bond acceptors (Lipinski definition) is 5. The Hall–Kier alpha value is -0.200.